The fraction of sp³-hybridized carbons (Fsp3) is 0.417. The zero-order chi connectivity index (χ0) is 21.9. The molecule has 0 heterocycles. The Morgan fingerprint density at radius 2 is 1.67 bits per heavy atom. The van der Waals surface area contributed by atoms with Gasteiger partial charge in [0.2, 0.25) is 11.8 Å². The molecule has 0 radical (unpaired) electrons. The maximum Gasteiger partial charge on any atom is 0.242 e. The highest BCUT2D eigenvalue weighted by molar-refractivity contribution is 9.10. The first-order valence-electron chi connectivity index (χ1n) is 10.3. The molecule has 4 nitrogen and oxygen atoms in total. The highest BCUT2D eigenvalue weighted by Crippen LogP contribution is 2.17. The monoisotopic (exact) mass is 490 g/mol. The second-order valence-electron chi connectivity index (χ2n) is 7.75. The standard InChI is InChI=1S/C24H31BrN2O2S/c1-18(2)15-26-24(29)19(3)27(16-20-9-11-22(25)12-10-20)23(28)13-14-30-17-21-7-5-4-6-8-21/h4-12,18-19H,13-17H2,1-3H3,(H,26,29). The normalized spacial score (nSPS) is 11.9. The molecule has 1 atom stereocenters. The lowest BCUT2D eigenvalue weighted by Crippen LogP contribution is -2.48. The summed E-state index contributed by atoms with van der Waals surface area (Å²) in [6, 6.07) is 17.6. The summed E-state index contributed by atoms with van der Waals surface area (Å²) in [5.41, 5.74) is 2.26. The van der Waals surface area contributed by atoms with Gasteiger partial charge in [-0.25, -0.2) is 0 Å². The van der Waals surface area contributed by atoms with Crippen molar-refractivity contribution in [3.63, 3.8) is 0 Å². The summed E-state index contributed by atoms with van der Waals surface area (Å²) in [5, 5.41) is 2.96. The van der Waals surface area contributed by atoms with E-state index in [4.69, 9.17) is 0 Å². The van der Waals surface area contributed by atoms with E-state index in [9.17, 15) is 9.59 Å². The molecule has 2 aromatic rings. The van der Waals surface area contributed by atoms with Gasteiger partial charge < -0.3 is 10.2 Å². The van der Waals surface area contributed by atoms with Gasteiger partial charge in [-0.3, -0.25) is 9.59 Å². The van der Waals surface area contributed by atoms with Crippen LogP contribution in [-0.2, 0) is 21.9 Å². The first-order valence-corrected chi connectivity index (χ1v) is 12.2. The molecule has 0 saturated heterocycles. The smallest absolute Gasteiger partial charge is 0.242 e. The van der Waals surface area contributed by atoms with Crippen molar-refractivity contribution in [2.75, 3.05) is 12.3 Å². The van der Waals surface area contributed by atoms with Gasteiger partial charge in [0.25, 0.3) is 0 Å². The first-order chi connectivity index (χ1) is 14.4. The second-order valence-corrected chi connectivity index (χ2v) is 9.77. The number of halogens is 1. The van der Waals surface area contributed by atoms with Crippen LogP contribution >= 0.6 is 27.7 Å². The van der Waals surface area contributed by atoms with Gasteiger partial charge in [0.05, 0.1) is 0 Å². The Balaban J connectivity index is 1.98. The lowest BCUT2D eigenvalue weighted by atomic mass is 10.1. The molecule has 0 spiro atoms. The van der Waals surface area contributed by atoms with Crippen molar-refractivity contribution in [1.29, 1.82) is 0 Å². The van der Waals surface area contributed by atoms with Crippen molar-refractivity contribution in [2.24, 2.45) is 5.92 Å². The van der Waals surface area contributed by atoms with Crippen LogP contribution in [0.5, 0.6) is 0 Å². The molecule has 30 heavy (non-hydrogen) atoms. The minimum Gasteiger partial charge on any atom is -0.354 e. The van der Waals surface area contributed by atoms with Crippen LogP contribution in [0.15, 0.2) is 59.1 Å². The topological polar surface area (TPSA) is 49.4 Å². The van der Waals surface area contributed by atoms with Crippen molar-refractivity contribution in [2.45, 2.75) is 45.5 Å². The molecule has 2 rings (SSSR count). The number of benzene rings is 2. The summed E-state index contributed by atoms with van der Waals surface area (Å²) in [6.45, 7) is 6.95. The molecular weight excluding hydrogens is 460 g/mol. The van der Waals surface area contributed by atoms with E-state index < -0.39 is 6.04 Å². The van der Waals surface area contributed by atoms with E-state index in [2.05, 4.69) is 47.2 Å². The third kappa shape index (κ3) is 8.52. The van der Waals surface area contributed by atoms with E-state index in [1.807, 2.05) is 49.4 Å². The number of hydrogen-bond acceptors (Lipinski definition) is 3. The Hall–Kier alpha value is -1.79. The zero-order valence-corrected chi connectivity index (χ0v) is 20.3. The fourth-order valence-corrected chi connectivity index (χ4v) is 4.04. The Morgan fingerprint density at radius 3 is 2.30 bits per heavy atom. The van der Waals surface area contributed by atoms with Crippen LogP contribution in [-0.4, -0.2) is 35.1 Å². The average molecular weight is 491 g/mol. The number of thioether (sulfide) groups is 1. The van der Waals surface area contributed by atoms with E-state index in [1.54, 1.807) is 16.7 Å². The van der Waals surface area contributed by atoms with Crippen molar-refractivity contribution in [3.8, 4) is 0 Å². The van der Waals surface area contributed by atoms with Gasteiger partial charge in [0.15, 0.2) is 0 Å². The lowest BCUT2D eigenvalue weighted by Gasteiger charge is -2.29. The molecular formula is C24H31BrN2O2S. The SMILES string of the molecule is CC(C)CNC(=O)C(C)N(Cc1ccc(Br)cc1)C(=O)CCSCc1ccccc1. The van der Waals surface area contributed by atoms with Crippen LogP contribution in [0.3, 0.4) is 0 Å². The minimum absolute atomic E-state index is 0.00526. The summed E-state index contributed by atoms with van der Waals surface area (Å²) < 4.78 is 0.990. The minimum atomic E-state index is -0.515. The van der Waals surface area contributed by atoms with Crippen LogP contribution < -0.4 is 5.32 Å². The summed E-state index contributed by atoms with van der Waals surface area (Å²) in [6.07, 6.45) is 0.413. The Kier molecular flexibility index (Phi) is 10.4. The molecule has 2 amide bonds. The van der Waals surface area contributed by atoms with Crippen LogP contribution in [0.1, 0.15) is 38.3 Å². The first kappa shape index (κ1) is 24.5. The van der Waals surface area contributed by atoms with Crippen molar-refractivity contribution in [1.82, 2.24) is 10.2 Å². The molecule has 0 aliphatic carbocycles. The molecule has 0 bridgehead atoms. The van der Waals surface area contributed by atoms with E-state index in [0.717, 1.165) is 21.5 Å². The van der Waals surface area contributed by atoms with Crippen molar-refractivity contribution in [3.05, 3.63) is 70.2 Å². The van der Waals surface area contributed by atoms with Gasteiger partial charge in [0, 0.05) is 35.5 Å². The Labute approximate surface area is 192 Å². The predicted molar refractivity (Wildman–Crippen MR) is 129 cm³/mol. The van der Waals surface area contributed by atoms with Crippen molar-refractivity contribution >= 4 is 39.5 Å². The third-order valence-electron chi connectivity index (χ3n) is 4.69. The highest BCUT2D eigenvalue weighted by atomic mass is 79.9. The van der Waals surface area contributed by atoms with Crippen LogP contribution in [0.25, 0.3) is 0 Å². The lowest BCUT2D eigenvalue weighted by molar-refractivity contribution is -0.140. The molecule has 0 aromatic heterocycles. The van der Waals surface area contributed by atoms with Gasteiger partial charge in [-0.15, -0.1) is 0 Å². The molecule has 0 fully saturated rings. The molecule has 0 aliphatic heterocycles. The van der Waals surface area contributed by atoms with Gasteiger partial charge in [-0.1, -0.05) is 72.2 Å². The molecule has 1 N–H and O–H groups in total. The van der Waals surface area contributed by atoms with Gasteiger partial charge in [-0.05, 0) is 36.1 Å². The van der Waals surface area contributed by atoms with Crippen LogP contribution in [0, 0.1) is 5.92 Å². The summed E-state index contributed by atoms with van der Waals surface area (Å²) in [4.78, 5) is 27.4. The van der Waals surface area contributed by atoms with Crippen LogP contribution in [0.4, 0.5) is 0 Å². The Morgan fingerprint density at radius 1 is 1.00 bits per heavy atom. The quantitative estimate of drug-likeness (QED) is 0.436. The second kappa shape index (κ2) is 12.8. The fourth-order valence-electron chi connectivity index (χ4n) is 2.89. The average Bonchev–Trinajstić information content (AvgIpc) is 2.74. The maximum atomic E-state index is 13.0. The van der Waals surface area contributed by atoms with Crippen LogP contribution in [0.2, 0.25) is 0 Å². The molecule has 0 aliphatic rings. The number of hydrogen-bond donors (Lipinski definition) is 1. The number of nitrogens with zero attached hydrogens (tertiary/aromatic N) is 1. The third-order valence-corrected chi connectivity index (χ3v) is 6.25. The van der Waals surface area contributed by atoms with E-state index >= 15 is 0 Å². The number of carbonyl (C=O) groups is 2. The van der Waals surface area contributed by atoms with Gasteiger partial charge in [0.1, 0.15) is 6.04 Å². The molecule has 1 unspecified atom stereocenters. The van der Waals surface area contributed by atoms with E-state index in [1.165, 1.54) is 5.56 Å². The number of nitrogens with one attached hydrogen (secondary N) is 1. The van der Waals surface area contributed by atoms with Gasteiger partial charge >= 0.3 is 0 Å². The molecule has 162 valence electrons. The summed E-state index contributed by atoms with van der Waals surface area (Å²) in [7, 11) is 0. The number of carbonyl (C=O) groups excluding carboxylic acids is 2. The largest absolute Gasteiger partial charge is 0.354 e. The Bertz CT molecular complexity index is 797. The highest BCUT2D eigenvalue weighted by Gasteiger charge is 2.25. The number of rotatable bonds is 11. The molecule has 2 aromatic carbocycles. The molecule has 6 heteroatoms. The zero-order valence-electron chi connectivity index (χ0n) is 17.9. The maximum absolute atomic E-state index is 13.0. The van der Waals surface area contributed by atoms with E-state index in [-0.39, 0.29) is 11.8 Å². The summed E-state index contributed by atoms with van der Waals surface area (Å²) in [5.74, 6) is 1.87. The van der Waals surface area contributed by atoms with Gasteiger partial charge in [-0.2, -0.15) is 11.8 Å². The number of amides is 2. The molecule has 0 saturated carbocycles. The van der Waals surface area contributed by atoms with E-state index in [0.29, 0.717) is 25.4 Å². The predicted octanol–water partition coefficient (Wildman–Crippen LogP) is 5.26. The van der Waals surface area contributed by atoms with Crippen molar-refractivity contribution < 1.29 is 9.59 Å². The summed E-state index contributed by atoms with van der Waals surface area (Å²) >= 11 is 5.18.